The number of likely N-dealkylation sites (tertiary alicyclic amines) is 1. The number of amides is 1. The summed E-state index contributed by atoms with van der Waals surface area (Å²) in [5, 5.41) is 14.1. The Morgan fingerprint density at radius 2 is 2.33 bits per heavy atom. The molecular weight excluding hydrogens is 272 g/mol. The number of carbonyl (C=O) groups is 1. The highest BCUT2D eigenvalue weighted by atomic mass is 16.6. The average molecular weight is 292 g/mol. The number of carbonyl (C=O) groups excluding carboxylic acids is 1. The van der Waals surface area contributed by atoms with Crippen LogP contribution in [0.15, 0.2) is 18.2 Å². The SMILES string of the molecule is CCNc1ccc([N+](=O)[O-])cc1CN1CCCC1C(N)=O. The van der Waals surface area contributed by atoms with E-state index in [-0.39, 0.29) is 17.6 Å². The fourth-order valence-electron chi connectivity index (χ4n) is 2.74. The van der Waals surface area contributed by atoms with E-state index in [1.807, 2.05) is 11.8 Å². The lowest BCUT2D eigenvalue weighted by Crippen LogP contribution is -2.39. The Morgan fingerprint density at radius 1 is 1.57 bits per heavy atom. The van der Waals surface area contributed by atoms with Crippen LogP contribution in [-0.4, -0.2) is 34.9 Å². The molecule has 1 saturated heterocycles. The first-order chi connectivity index (χ1) is 10.0. The fraction of sp³-hybridized carbons (Fsp3) is 0.500. The van der Waals surface area contributed by atoms with Crippen LogP contribution in [0.1, 0.15) is 25.3 Å². The van der Waals surface area contributed by atoms with Gasteiger partial charge in [0.15, 0.2) is 0 Å². The molecular formula is C14H20N4O3. The molecule has 0 aromatic heterocycles. The summed E-state index contributed by atoms with van der Waals surface area (Å²) in [7, 11) is 0. The Bertz CT molecular complexity index is 547. The van der Waals surface area contributed by atoms with E-state index in [2.05, 4.69) is 5.32 Å². The lowest BCUT2D eigenvalue weighted by molar-refractivity contribution is -0.384. The molecule has 7 nitrogen and oxygen atoms in total. The highest BCUT2D eigenvalue weighted by molar-refractivity contribution is 5.80. The molecule has 1 atom stereocenters. The number of nitrogens with two attached hydrogens (primary N) is 1. The predicted octanol–water partition coefficient (Wildman–Crippen LogP) is 1.48. The molecule has 1 aromatic rings. The number of nitro benzene ring substituents is 1. The van der Waals surface area contributed by atoms with Gasteiger partial charge in [-0.2, -0.15) is 0 Å². The molecule has 7 heteroatoms. The molecule has 0 spiro atoms. The van der Waals surface area contributed by atoms with Crippen molar-refractivity contribution in [3.05, 3.63) is 33.9 Å². The third-order valence-corrected chi connectivity index (χ3v) is 3.73. The van der Waals surface area contributed by atoms with Crippen LogP contribution in [0, 0.1) is 10.1 Å². The number of non-ortho nitro benzene ring substituents is 1. The Kier molecular flexibility index (Phi) is 4.74. The van der Waals surface area contributed by atoms with E-state index in [4.69, 9.17) is 5.73 Å². The topological polar surface area (TPSA) is 102 Å². The minimum absolute atomic E-state index is 0.0569. The molecule has 114 valence electrons. The molecule has 0 aliphatic carbocycles. The van der Waals surface area contributed by atoms with E-state index in [1.54, 1.807) is 12.1 Å². The number of hydrogen-bond acceptors (Lipinski definition) is 5. The van der Waals surface area contributed by atoms with Crippen LogP contribution < -0.4 is 11.1 Å². The summed E-state index contributed by atoms with van der Waals surface area (Å²) in [5.41, 5.74) is 7.15. The second kappa shape index (κ2) is 6.53. The van der Waals surface area contributed by atoms with Gasteiger partial charge in [-0.1, -0.05) is 0 Å². The van der Waals surface area contributed by atoms with Gasteiger partial charge in [0.1, 0.15) is 0 Å². The van der Waals surface area contributed by atoms with Crippen LogP contribution in [0.2, 0.25) is 0 Å². The predicted molar refractivity (Wildman–Crippen MR) is 79.9 cm³/mol. The first kappa shape index (κ1) is 15.2. The summed E-state index contributed by atoms with van der Waals surface area (Å²) in [6.07, 6.45) is 1.67. The molecule has 1 aliphatic rings. The number of rotatable bonds is 6. The summed E-state index contributed by atoms with van der Waals surface area (Å²) in [6, 6.07) is 4.48. The van der Waals surface area contributed by atoms with Crippen molar-refractivity contribution in [1.82, 2.24) is 4.90 Å². The number of primary amides is 1. The Hall–Kier alpha value is -2.15. The van der Waals surface area contributed by atoms with Crippen molar-refractivity contribution >= 4 is 17.3 Å². The molecule has 0 bridgehead atoms. The zero-order chi connectivity index (χ0) is 15.4. The van der Waals surface area contributed by atoms with Crippen molar-refractivity contribution in [1.29, 1.82) is 0 Å². The molecule has 2 rings (SSSR count). The van der Waals surface area contributed by atoms with Gasteiger partial charge in [0, 0.05) is 30.9 Å². The van der Waals surface area contributed by atoms with Gasteiger partial charge in [-0.25, -0.2) is 0 Å². The van der Waals surface area contributed by atoms with Crippen molar-refractivity contribution < 1.29 is 9.72 Å². The number of anilines is 1. The maximum atomic E-state index is 11.4. The molecule has 3 N–H and O–H groups in total. The maximum Gasteiger partial charge on any atom is 0.269 e. The van der Waals surface area contributed by atoms with E-state index < -0.39 is 4.92 Å². The molecule has 21 heavy (non-hydrogen) atoms. The van der Waals surface area contributed by atoms with Gasteiger partial charge < -0.3 is 11.1 Å². The molecule has 1 unspecified atom stereocenters. The van der Waals surface area contributed by atoms with Crippen molar-refractivity contribution in [2.75, 3.05) is 18.4 Å². The first-order valence-electron chi connectivity index (χ1n) is 7.07. The Morgan fingerprint density at radius 3 is 2.95 bits per heavy atom. The van der Waals surface area contributed by atoms with Crippen molar-refractivity contribution in [2.24, 2.45) is 5.73 Å². The lowest BCUT2D eigenvalue weighted by atomic mass is 10.1. The molecule has 0 radical (unpaired) electrons. The van der Waals surface area contributed by atoms with E-state index in [0.29, 0.717) is 6.54 Å². The molecule has 1 heterocycles. The highest BCUT2D eigenvalue weighted by Crippen LogP contribution is 2.27. The summed E-state index contributed by atoms with van der Waals surface area (Å²) < 4.78 is 0. The van der Waals surface area contributed by atoms with Gasteiger partial charge in [-0.15, -0.1) is 0 Å². The average Bonchev–Trinajstić information content (AvgIpc) is 2.89. The number of hydrogen-bond donors (Lipinski definition) is 2. The van der Waals surface area contributed by atoms with Crippen molar-refractivity contribution in [3.8, 4) is 0 Å². The lowest BCUT2D eigenvalue weighted by Gasteiger charge is -2.23. The minimum atomic E-state index is -0.408. The van der Waals surface area contributed by atoms with Crippen molar-refractivity contribution in [3.63, 3.8) is 0 Å². The first-order valence-corrected chi connectivity index (χ1v) is 7.07. The van der Waals surface area contributed by atoms with Crippen LogP contribution in [0.4, 0.5) is 11.4 Å². The number of nitro groups is 1. The van der Waals surface area contributed by atoms with Gasteiger partial charge in [0.2, 0.25) is 5.91 Å². The number of benzene rings is 1. The smallest absolute Gasteiger partial charge is 0.269 e. The van der Waals surface area contributed by atoms with Crippen LogP contribution in [-0.2, 0) is 11.3 Å². The van der Waals surface area contributed by atoms with Gasteiger partial charge in [-0.3, -0.25) is 19.8 Å². The van der Waals surface area contributed by atoms with Gasteiger partial charge in [0.05, 0.1) is 11.0 Å². The molecule has 0 saturated carbocycles. The fourth-order valence-corrected chi connectivity index (χ4v) is 2.74. The third kappa shape index (κ3) is 3.49. The van der Waals surface area contributed by atoms with Crippen LogP contribution in [0.3, 0.4) is 0 Å². The van der Waals surface area contributed by atoms with Crippen molar-refractivity contribution in [2.45, 2.75) is 32.4 Å². The van der Waals surface area contributed by atoms with E-state index >= 15 is 0 Å². The van der Waals surface area contributed by atoms with E-state index in [9.17, 15) is 14.9 Å². The number of nitrogens with zero attached hydrogens (tertiary/aromatic N) is 2. The quantitative estimate of drug-likeness (QED) is 0.610. The summed E-state index contributed by atoms with van der Waals surface area (Å²) in [4.78, 5) is 24.0. The standard InChI is InChI=1S/C14H20N4O3/c1-2-16-12-6-5-11(18(20)21)8-10(12)9-17-7-3-4-13(17)14(15)19/h5-6,8,13,16H,2-4,7,9H2,1H3,(H2,15,19). The zero-order valence-corrected chi connectivity index (χ0v) is 12.0. The Labute approximate surface area is 123 Å². The third-order valence-electron chi connectivity index (χ3n) is 3.73. The zero-order valence-electron chi connectivity index (χ0n) is 12.0. The summed E-state index contributed by atoms with van der Waals surface area (Å²) in [6.45, 7) is 3.96. The minimum Gasteiger partial charge on any atom is -0.385 e. The second-order valence-electron chi connectivity index (χ2n) is 5.16. The second-order valence-corrected chi connectivity index (χ2v) is 5.16. The summed E-state index contributed by atoms with van der Waals surface area (Å²) in [5.74, 6) is -0.331. The molecule has 1 aromatic carbocycles. The van der Waals surface area contributed by atoms with Gasteiger partial charge in [-0.05, 0) is 37.9 Å². The molecule has 1 amide bonds. The number of nitrogens with one attached hydrogen (secondary N) is 1. The Balaban J connectivity index is 2.25. The highest BCUT2D eigenvalue weighted by Gasteiger charge is 2.29. The monoisotopic (exact) mass is 292 g/mol. The van der Waals surface area contributed by atoms with Gasteiger partial charge in [0.25, 0.3) is 5.69 Å². The maximum absolute atomic E-state index is 11.4. The van der Waals surface area contributed by atoms with Crippen LogP contribution in [0.25, 0.3) is 0 Å². The molecule has 1 aliphatic heterocycles. The van der Waals surface area contributed by atoms with Gasteiger partial charge >= 0.3 is 0 Å². The summed E-state index contributed by atoms with van der Waals surface area (Å²) >= 11 is 0. The largest absolute Gasteiger partial charge is 0.385 e. The van der Waals surface area contributed by atoms with Crippen LogP contribution >= 0.6 is 0 Å². The molecule has 1 fully saturated rings. The van der Waals surface area contributed by atoms with E-state index in [0.717, 1.165) is 37.2 Å². The van der Waals surface area contributed by atoms with Crippen LogP contribution in [0.5, 0.6) is 0 Å². The van der Waals surface area contributed by atoms with E-state index in [1.165, 1.54) is 6.07 Å². The normalized spacial score (nSPS) is 18.6.